The minimum atomic E-state index is -2.16. The van der Waals surface area contributed by atoms with Gasteiger partial charge in [-0.25, -0.2) is 0 Å². The van der Waals surface area contributed by atoms with Gasteiger partial charge in [-0.3, -0.25) is 4.21 Å². The molecule has 118 valence electrons. The number of benzene rings is 2. The van der Waals surface area contributed by atoms with Gasteiger partial charge in [-0.2, -0.15) is 0 Å². The topological polar surface area (TPSA) is 26.3 Å². The average molecular weight is 316 g/mol. The van der Waals surface area contributed by atoms with Gasteiger partial charge in [0, 0.05) is 11.2 Å². The molecule has 0 saturated carbocycles. The van der Waals surface area contributed by atoms with Crippen LogP contribution in [0.2, 0.25) is 0 Å². The lowest BCUT2D eigenvalue weighted by atomic mass is 9.87. The first-order valence-corrected chi connectivity index (χ1v) is 9.44. The molecule has 2 aromatic rings. The van der Waals surface area contributed by atoms with Gasteiger partial charge in [0.25, 0.3) is 0 Å². The normalized spacial score (nSPS) is 14.4. The van der Waals surface area contributed by atoms with E-state index >= 15 is 0 Å². The van der Waals surface area contributed by atoms with Gasteiger partial charge in [0.2, 0.25) is 0 Å². The van der Waals surface area contributed by atoms with Gasteiger partial charge in [-0.15, -0.1) is 0 Å². The maximum atomic E-state index is 11.8. The molecule has 2 nitrogen and oxygen atoms in total. The molecule has 0 amide bonds. The Balaban J connectivity index is 2.01. The molecule has 0 N–H and O–H groups in total. The quantitative estimate of drug-likeness (QED) is 0.788. The minimum Gasteiger partial charge on any atom is -0.489 e. The Labute approximate surface area is 134 Å². The van der Waals surface area contributed by atoms with Crippen LogP contribution in [0.15, 0.2) is 53.4 Å². The Morgan fingerprint density at radius 3 is 2.00 bits per heavy atom. The van der Waals surface area contributed by atoms with Crippen molar-refractivity contribution in [2.24, 2.45) is 0 Å². The predicted octanol–water partition coefficient (Wildman–Crippen LogP) is 4.27. The van der Waals surface area contributed by atoms with Gasteiger partial charge in [-0.1, -0.05) is 45.0 Å². The van der Waals surface area contributed by atoms with Crippen LogP contribution in [0.1, 0.15) is 31.9 Å². The molecule has 0 aromatic heterocycles. The van der Waals surface area contributed by atoms with Crippen LogP contribution in [0, 0.1) is 0 Å². The van der Waals surface area contributed by atoms with Crippen LogP contribution < -0.4 is 4.74 Å². The molecule has 0 bridgehead atoms. The fourth-order valence-corrected chi connectivity index (χ4v) is 2.80. The first kappa shape index (κ1) is 16.6. The maximum absolute atomic E-state index is 11.8. The largest absolute Gasteiger partial charge is 0.489 e. The highest BCUT2D eigenvalue weighted by molar-refractivity contribution is 7.99. The highest BCUT2D eigenvalue weighted by Crippen LogP contribution is 2.23. The molecule has 0 aliphatic rings. The summed E-state index contributed by atoms with van der Waals surface area (Å²) in [5.74, 6) is 4.45. The molecule has 0 spiro atoms. The Kier molecular flexibility index (Phi) is 4.66. The molecule has 0 heterocycles. The summed E-state index contributed by atoms with van der Waals surface area (Å²) in [7, 11) is -2.16. The molecule has 0 fully saturated rings. The lowest BCUT2D eigenvalue weighted by Gasteiger charge is -2.19. The van der Waals surface area contributed by atoms with Gasteiger partial charge in [0.1, 0.15) is 12.4 Å². The summed E-state index contributed by atoms with van der Waals surface area (Å²) >= 11 is 0. The SMILES string of the molecule is C=S(C)(=O)c1ccc(OCc2ccc(C(C)(C)C)cc2)cc1. The van der Waals surface area contributed by atoms with E-state index in [1.54, 1.807) is 6.26 Å². The molecular weight excluding hydrogens is 292 g/mol. The maximum Gasteiger partial charge on any atom is 0.119 e. The van der Waals surface area contributed by atoms with Crippen molar-refractivity contribution in [3.8, 4) is 5.75 Å². The van der Waals surface area contributed by atoms with Crippen molar-refractivity contribution in [3.63, 3.8) is 0 Å². The van der Waals surface area contributed by atoms with Crippen molar-refractivity contribution in [2.75, 3.05) is 6.26 Å². The zero-order chi connectivity index (χ0) is 16.4. The first-order chi connectivity index (χ1) is 10.2. The summed E-state index contributed by atoms with van der Waals surface area (Å²) in [5.41, 5.74) is 2.61. The molecule has 0 aliphatic heterocycles. The first-order valence-electron chi connectivity index (χ1n) is 7.31. The Morgan fingerprint density at radius 1 is 1.00 bits per heavy atom. The summed E-state index contributed by atoms with van der Waals surface area (Å²) in [6.45, 7) is 7.13. The van der Waals surface area contributed by atoms with E-state index in [1.807, 2.05) is 24.3 Å². The van der Waals surface area contributed by atoms with Crippen LogP contribution in [-0.2, 0) is 21.5 Å². The second-order valence-corrected chi connectivity index (χ2v) is 9.19. The van der Waals surface area contributed by atoms with Crippen molar-refractivity contribution in [3.05, 3.63) is 59.7 Å². The molecule has 0 radical (unpaired) electrons. The Morgan fingerprint density at radius 2 is 1.55 bits per heavy atom. The summed E-state index contributed by atoms with van der Waals surface area (Å²) < 4.78 is 17.6. The van der Waals surface area contributed by atoms with E-state index in [1.165, 1.54) is 5.56 Å². The fourth-order valence-electron chi connectivity index (χ4n) is 2.09. The number of hydrogen-bond acceptors (Lipinski definition) is 2. The van der Waals surface area contributed by atoms with Gasteiger partial charge < -0.3 is 4.74 Å². The van der Waals surface area contributed by atoms with Crippen LogP contribution in [0.25, 0.3) is 0 Å². The zero-order valence-electron chi connectivity index (χ0n) is 13.8. The Hall–Kier alpha value is -1.74. The van der Waals surface area contributed by atoms with Crippen molar-refractivity contribution in [1.29, 1.82) is 0 Å². The minimum absolute atomic E-state index is 0.163. The highest BCUT2D eigenvalue weighted by Gasteiger charge is 2.12. The second kappa shape index (κ2) is 6.17. The lowest BCUT2D eigenvalue weighted by molar-refractivity contribution is 0.306. The van der Waals surface area contributed by atoms with E-state index in [-0.39, 0.29) is 5.41 Å². The van der Waals surface area contributed by atoms with E-state index < -0.39 is 9.52 Å². The standard InChI is InChI=1S/C19H24O2S/c1-19(2,3)16-8-6-15(7-9-16)14-21-17-10-12-18(13-11-17)22(4,5)20/h6-13H,4,14H2,1-3,5H3. The number of hydrogen-bond donors (Lipinski definition) is 0. The third kappa shape index (κ3) is 4.38. The van der Waals surface area contributed by atoms with Crippen LogP contribution in [0.3, 0.4) is 0 Å². The molecule has 3 heteroatoms. The molecule has 1 atom stereocenters. The number of ether oxygens (including phenoxy) is 1. The van der Waals surface area contributed by atoms with Crippen molar-refractivity contribution in [1.82, 2.24) is 0 Å². The van der Waals surface area contributed by atoms with Crippen molar-refractivity contribution in [2.45, 2.75) is 37.7 Å². The Bertz CT molecular complexity index is 718. The van der Waals surface area contributed by atoms with E-state index in [0.29, 0.717) is 6.61 Å². The molecule has 2 rings (SSSR count). The van der Waals surface area contributed by atoms with Crippen LogP contribution >= 0.6 is 0 Å². The smallest absolute Gasteiger partial charge is 0.119 e. The van der Waals surface area contributed by atoms with Crippen molar-refractivity contribution < 1.29 is 8.95 Å². The highest BCUT2D eigenvalue weighted by atomic mass is 32.2. The molecule has 22 heavy (non-hydrogen) atoms. The zero-order valence-corrected chi connectivity index (χ0v) is 14.6. The third-order valence-corrected chi connectivity index (χ3v) is 4.82. The van der Waals surface area contributed by atoms with Crippen molar-refractivity contribution >= 4 is 15.4 Å². The summed E-state index contributed by atoms with van der Waals surface area (Å²) in [5, 5.41) is 0. The van der Waals surface area contributed by atoms with Gasteiger partial charge in [-0.05, 0) is 56.2 Å². The van der Waals surface area contributed by atoms with E-state index in [0.717, 1.165) is 16.2 Å². The van der Waals surface area contributed by atoms with Gasteiger partial charge in [0.15, 0.2) is 0 Å². The molecule has 0 aliphatic carbocycles. The van der Waals surface area contributed by atoms with Crippen LogP contribution in [0.5, 0.6) is 5.75 Å². The van der Waals surface area contributed by atoms with E-state index in [4.69, 9.17) is 4.74 Å². The van der Waals surface area contributed by atoms with Gasteiger partial charge in [0.05, 0.1) is 0 Å². The summed E-state index contributed by atoms with van der Waals surface area (Å²) in [4.78, 5) is 0.745. The van der Waals surface area contributed by atoms with Crippen LogP contribution in [-0.4, -0.2) is 16.3 Å². The summed E-state index contributed by atoms with van der Waals surface area (Å²) in [6, 6.07) is 15.8. The molecule has 1 unspecified atom stereocenters. The molecule has 2 aromatic carbocycles. The monoisotopic (exact) mass is 316 g/mol. The molecule has 0 saturated heterocycles. The second-order valence-electron chi connectivity index (χ2n) is 6.71. The molecular formula is C19H24O2S. The lowest BCUT2D eigenvalue weighted by Crippen LogP contribution is -2.10. The average Bonchev–Trinajstić information content (AvgIpc) is 2.44. The summed E-state index contributed by atoms with van der Waals surface area (Å²) in [6.07, 6.45) is 1.64. The van der Waals surface area contributed by atoms with E-state index in [9.17, 15) is 4.21 Å². The fraction of sp³-hybridized carbons (Fsp3) is 0.316. The predicted molar refractivity (Wildman–Crippen MR) is 95.4 cm³/mol. The van der Waals surface area contributed by atoms with E-state index in [2.05, 4.69) is 50.9 Å². The third-order valence-electron chi connectivity index (χ3n) is 3.55. The van der Waals surface area contributed by atoms with Crippen LogP contribution in [0.4, 0.5) is 0 Å². The number of rotatable bonds is 4. The van der Waals surface area contributed by atoms with Gasteiger partial charge >= 0.3 is 0 Å².